The van der Waals surface area contributed by atoms with Crippen LogP contribution in [0.3, 0.4) is 0 Å². The van der Waals surface area contributed by atoms with Crippen molar-refractivity contribution < 1.29 is 19.5 Å². The first kappa shape index (κ1) is 30.1. The summed E-state index contributed by atoms with van der Waals surface area (Å²) in [6, 6.07) is 22.3. The van der Waals surface area contributed by atoms with E-state index in [1.807, 2.05) is 100 Å². The minimum Gasteiger partial charge on any atom is -0.381 e. The number of aliphatic hydroxyl groups excluding tert-OH is 1. The average molecular weight is 575 g/mol. The largest absolute Gasteiger partial charge is 0.381 e. The molecule has 0 spiro atoms. The molecule has 41 heavy (non-hydrogen) atoms. The van der Waals surface area contributed by atoms with E-state index < -0.39 is 34.9 Å². The zero-order valence-corrected chi connectivity index (χ0v) is 24.7. The maximum absolute atomic E-state index is 13.8. The van der Waals surface area contributed by atoms with Crippen LogP contribution in [-0.4, -0.2) is 56.7 Å². The second-order valence-corrected chi connectivity index (χ2v) is 12.5. The van der Waals surface area contributed by atoms with Crippen LogP contribution in [-0.2, 0) is 22.6 Å². The number of nitrogens with one attached hydrogen (secondary N) is 3. The lowest BCUT2D eigenvalue weighted by Crippen LogP contribution is -2.59. The molecule has 0 aromatic heterocycles. The number of anilines is 1. The summed E-state index contributed by atoms with van der Waals surface area (Å²) in [4.78, 5) is 41.7. The molecule has 1 aliphatic rings. The molecule has 3 aromatic rings. The Balaban J connectivity index is 1.52. The molecule has 9 heteroatoms. The van der Waals surface area contributed by atoms with Crippen LogP contribution in [0.5, 0.6) is 0 Å². The highest BCUT2D eigenvalue weighted by Crippen LogP contribution is 2.40. The topological polar surface area (TPSA) is 111 Å². The molecular weight excluding hydrogens is 536 g/mol. The van der Waals surface area contributed by atoms with Gasteiger partial charge in [0.05, 0.1) is 11.9 Å². The summed E-state index contributed by atoms with van der Waals surface area (Å²) in [5.41, 5.74) is 4.43. The van der Waals surface area contributed by atoms with E-state index in [9.17, 15) is 19.5 Å². The number of benzene rings is 3. The Labute approximate surface area is 245 Å². The number of carbonyl (C=O) groups is 3. The summed E-state index contributed by atoms with van der Waals surface area (Å²) in [5, 5.41) is 20.0. The van der Waals surface area contributed by atoms with Crippen molar-refractivity contribution in [2.24, 2.45) is 0 Å². The number of aliphatic hydroxyl groups is 1. The number of para-hydroxylation sites is 1. The number of hydrogen-bond acceptors (Lipinski definition) is 5. The van der Waals surface area contributed by atoms with Crippen LogP contribution in [0.15, 0.2) is 78.9 Å². The monoisotopic (exact) mass is 574 g/mol. The van der Waals surface area contributed by atoms with Crippen molar-refractivity contribution in [2.75, 3.05) is 11.2 Å². The molecule has 8 nitrogen and oxygen atoms in total. The summed E-state index contributed by atoms with van der Waals surface area (Å²) in [5.74, 6) is -0.636. The molecule has 3 atom stereocenters. The molecule has 4 amide bonds. The van der Waals surface area contributed by atoms with Crippen molar-refractivity contribution in [3.8, 4) is 0 Å². The van der Waals surface area contributed by atoms with Gasteiger partial charge in [0.2, 0.25) is 5.91 Å². The number of carbonyl (C=O) groups excluding carboxylic acids is 3. The average Bonchev–Trinajstić information content (AvgIpc) is 3.27. The van der Waals surface area contributed by atoms with Gasteiger partial charge in [-0.15, -0.1) is 11.8 Å². The van der Waals surface area contributed by atoms with Crippen molar-refractivity contribution in [2.45, 2.75) is 63.6 Å². The molecule has 4 rings (SSSR count). The maximum atomic E-state index is 13.8. The SMILES string of the molecule is Cc1ccccc1CNC(=O)[C@H]1N(C(=O)[C@@H](O)[C@H](Cc2ccccc2)NC(=O)Nc2ccccc2C)CSC1(C)C. The summed E-state index contributed by atoms with van der Waals surface area (Å²) >= 11 is 1.48. The first-order valence-electron chi connectivity index (χ1n) is 13.7. The maximum Gasteiger partial charge on any atom is 0.319 e. The fourth-order valence-corrected chi connectivity index (χ4v) is 6.13. The van der Waals surface area contributed by atoms with Gasteiger partial charge in [-0.1, -0.05) is 72.8 Å². The molecule has 0 unspecified atom stereocenters. The van der Waals surface area contributed by atoms with E-state index in [-0.39, 0.29) is 18.2 Å². The molecule has 0 saturated carbocycles. The fraction of sp³-hybridized carbons (Fsp3) is 0.344. The zero-order valence-electron chi connectivity index (χ0n) is 23.9. The highest BCUT2D eigenvalue weighted by molar-refractivity contribution is 8.00. The normalized spacial score (nSPS) is 17.4. The van der Waals surface area contributed by atoms with Gasteiger partial charge in [-0.25, -0.2) is 4.79 Å². The van der Waals surface area contributed by atoms with Crippen LogP contribution in [0.25, 0.3) is 0 Å². The molecule has 1 aliphatic heterocycles. The second-order valence-electron chi connectivity index (χ2n) is 10.9. The van der Waals surface area contributed by atoms with Crippen LogP contribution in [0.1, 0.15) is 36.1 Å². The summed E-state index contributed by atoms with van der Waals surface area (Å²) < 4.78 is -0.574. The Morgan fingerprint density at radius 1 is 0.951 bits per heavy atom. The number of rotatable bonds is 9. The summed E-state index contributed by atoms with van der Waals surface area (Å²) in [6.45, 7) is 8.05. The van der Waals surface area contributed by atoms with Crippen LogP contribution in [0, 0.1) is 13.8 Å². The Hall–Kier alpha value is -3.82. The van der Waals surface area contributed by atoms with Crippen LogP contribution < -0.4 is 16.0 Å². The predicted octanol–water partition coefficient (Wildman–Crippen LogP) is 4.39. The lowest BCUT2D eigenvalue weighted by atomic mass is 9.97. The summed E-state index contributed by atoms with van der Waals surface area (Å²) in [6.07, 6.45) is -1.34. The minimum atomic E-state index is -1.57. The molecule has 0 bridgehead atoms. The first-order valence-corrected chi connectivity index (χ1v) is 14.7. The van der Waals surface area contributed by atoms with Gasteiger partial charge in [-0.05, 0) is 62.4 Å². The van der Waals surface area contributed by atoms with E-state index in [2.05, 4.69) is 16.0 Å². The molecule has 0 aliphatic carbocycles. The van der Waals surface area contributed by atoms with Crippen LogP contribution in [0.2, 0.25) is 0 Å². The van der Waals surface area contributed by atoms with E-state index in [0.717, 1.165) is 22.3 Å². The third-order valence-corrected chi connectivity index (χ3v) is 8.81. The zero-order chi connectivity index (χ0) is 29.6. The summed E-state index contributed by atoms with van der Waals surface area (Å²) in [7, 11) is 0. The van der Waals surface area contributed by atoms with Gasteiger partial charge >= 0.3 is 6.03 Å². The lowest BCUT2D eigenvalue weighted by Gasteiger charge is -2.33. The van der Waals surface area contributed by atoms with Crippen LogP contribution >= 0.6 is 11.8 Å². The van der Waals surface area contributed by atoms with E-state index in [4.69, 9.17) is 0 Å². The Kier molecular flexibility index (Phi) is 9.73. The molecule has 216 valence electrons. The van der Waals surface area contributed by atoms with E-state index in [0.29, 0.717) is 12.2 Å². The van der Waals surface area contributed by atoms with Gasteiger partial charge in [-0.2, -0.15) is 0 Å². The quantitative estimate of drug-likeness (QED) is 0.303. The molecule has 3 aromatic carbocycles. The molecule has 0 radical (unpaired) electrons. The highest BCUT2D eigenvalue weighted by Gasteiger charge is 2.49. The Morgan fingerprint density at radius 3 is 2.27 bits per heavy atom. The number of thioether (sulfide) groups is 1. The third kappa shape index (κ3) is 7.48. The minimum absolute atomic E-state index is 0.226. The number of aryl methyl sites for hydroxylation is 2. The molecule has 1 saturated heterocycles. The number of hydrogen-bond donors (Lipinski definition) is 4. The third-order valence-electron chi connectivity index (χ3n) is 7.43. The van der Waals surface area contributed by atoms with E-state index in [1.165, 1.54) is 16.7 Å². The Morgan fingerprint density at radius 2 is 1.59 bits per heavy atom. The van der Waals surface area contributed by atoms with Gasteiger partial charge < -0.3 is 26.0 Å². The van der Waals surface area contributed by atoms with Gasteiger partial charge in [0.15, 0.2) is 6.10 Å². The fourth-order valence-electron chi connectivity index (χ4n) is 4.99. The number of amides is 4. The van der Waals surface area contributed by atoms with Gasteiger partial charge in [-0.3, -0.25) is 9.59 Å². The van der Waals surface area contributed by atoms with Gasteiger partial charge in [0.1, 0.15) is 6.04 Å². The highest BCUT2D eigenvalue weighted by atomic mass is 32.2. The smallest absolute Gasteiger partial charge is 0.319 e. The van der Waals surface area contributed by atoms with Crippen molar-refractivity contribution in [3.05, 3.63) is 101 Å². The standard InChI is InChI=1S/C32H38N4O4S/c1-21-12-8-10-16-24(21)19-33-29(38)28-32(3,4)41-20-36(28)30(39)27(37)26(18-23-14-6-5-7-15-23)35-31(40)34-25-17-11-9-13-22(25)2/h5-17,26-28,37H,18-20H2,1-4H3,(H,33,38)(H2,34,35,40)/t26-,27-,28+/m0/s1. The lowest BCUT2D eigenvalue weighted by molar-refractivity contribution is -0.147. The number of nitrogens with zero attached hydrogens (tertiary/aromatic N) is 1. The van der Waals surface area contributed by atoms with Crippen LogP contribution in [0.4, 0.5) is 10.5 Å². The van der Waals surface area contributed by atoms with E-state index in [1.54, 1.807) is 6.07 Å². The van der Waals surface area contributed by atoms with Gasteiger partial charge in [0.25, 0.3) is 5.91 Å². The van der Waals surface area contributed by atoms with Gasteiger partial charge in [0, 0.05) is 17.0 Å². The van der Waals surface area contributed by atoms with Crippen molar-refractivity contribution in [1.82, 2.24) is 15.5 Å². The van der Waals surface area contributed by atoms with Crippen molar-refractivity contribution >= 4 is 35.3 Å². The number of urea groups is 1. The molecular formula is C32H38N4O4S. The van der Waals surface area contributed by atoms with Crippen molar-refractivity contribution in [3.63, 3.8) is 0 Å². The van der Waals surface area contributed by atoms with Crippen molar-refractivity contribution in [1.29, 1.82) is 0 Å². The van der Waals surface area contributed by atoms with E-state index >= 15 is 0 Å². The predicted molar refractivity (Wildman–Crippen MR) is 163 cm³/mol. The second kappa shape index (κ2) is 13.2. The molecule has 1 fully saturated rings. The molecule has 1 heterocycles. The Bertz CT molecular complexity index is 1380. The first-order chi connectivity index (χ1) is 19.6. The molecule has 4 N–H and O–H groups in total.